The fourth-order valence-electron chi connectivity index (χ4n) is 7.50. The van der Waals surface area contributed by atoms with Crippen molar-refractivity contribution in [1.29, 1.82) is 0 Å². The van der Waals surface area contributed by atoms with Crippen LogP contribution in [-0.4, -0.2) is 142 Å². The van der Waals surface area contributed by atoms with Crippen LogP contribution in [0.2, 0.25) is 0 Å². The smallest absolute Gasteiger partial charge is 0.306 e. The van der Waals surface area contributed by atoms with Gasteiger partial charge >= 0.3 is 11.9 Å². The lowest BCUT2D eigenvalue weighted by atomic mass is 9.98. The quantitative estimate of drug-likeness (QED) is 0.0236. The van der Waals surface area contributed by atoms with Crippen LogP contribution in [0.4, 0.5) is 0 Å². The van der Waals surface area contributed by atoms with E-state index < -0.39 is 92.7 Å². The minimum absolute atomic E-state index is 0.167. The van der Waals surface area contributed by atoms with Gasteiger partial charge in [0, 0.05) is 12.8 Å². The van der Waals surface area contributed by atoms with Gasteiger partial charge in [-0.05, 0) is 38.5 Å². The molecule has 0 bridgehead atoms. The van der Waals surface area contributed by atoms with Crippen LogP contribution in [-0.2, 0) is 38.0 Å². The Hall–Kier alpha value is -1.76. The van der Waals surface area contributed by atoms with Gasteiger partial charge in [0.1, 0.15) is 55.4 Å². The molecule has 0 aliphatic carbocycles. The standard InChI is InChI=1S/C46H84O15/c1-3-5-7-9-11-13-15-17-19-20-22-24-26-28-37(48)56-31-34(59-38(49)29-27-25-23-21-18-16-14-12-10-8-6-4-2)32-57-45-44(55)42(53)40(51)36(61-45)33-58-46-43(54)41(52)39(50)35(30-47)60-46/h17,19,34-36,39-47,50-55H,3-16,18,20-33H2,1-2H3/b19-17+/t34-,35-,36-,39+,40+,41?,42?,43?,44?,45-,46-/m1/s1. The van der Waals surface area contributed by atoms with Gasteiger partial charge in [-0.25, -0.2) is 0 Å². The van der Waals surface area contributed by atoms with Gasteiger partial charge in [-0.3, -0.25) is 9.59 Å². The average Bonchev–Trinajstić information content (AvgIpc) is 3.25. The molecule has 0 spiro atoms. The van der Waals surface area contributed by atoms with E-state index >= 15 is 0 Å². The summed E-state index contributed by atoms with van der Waals surface area (Å²) in [5.74, 6) is -0.939. The molecule has 11 atom stereocenters. The van der Waals surface area contributed by atoms with Crippen molar-refractivity contribution in [2.24, 2.45) is 0 Å². The van der Waals surface area contributed by atoms with Gasteiger partial charge in [-0.1, -0.05) is 135 Å². The monoisotopic (exact) mass is 877 g/mol. The number of carbonyl (C=O) groups is 2. The zero-order chi connectivity index (χ0) is 44.7. The normalized spacial score (nSPS) is 27.4. The number of hydrogen-bond donors (Lipinski definition) is 7. The SMILES string of the molecule is CCCCCCCC/C=C/CCCCCC(=O)OC[C@H](CO[C@@H]1O[C@H](CO[C@@H]2O[C@H](CO)[C@H](O)C(O)C2O)[C@H](O)C(O)C1O)OC(=O)CCCCCCCCCCCCCC. The van der Waals surface area contributed by atoms with Gasteiger partial charge in [-0.15, -0.1) is 0 Å². The van der Waals surface area contributed by atoms with E-state index in [1.165, 1.54) is 89.9 Å². The number of esters is 2. The van der Waals surface area contributed by atoms with Crippen molar-refractivity contribution < 1.29 is 73.8 Å². The molecule has 0 saturated carbocycles. The number of hydrogen-bond acceptors (Lipinski definition) is 15. The van der Waals surface area contributed by atoms with Crippen molar-refractivity contribution >= 4 is 11.9 Å². The summed E-state index contributed by atoms with van der Waals surface area (Å²) >= 11 is 0. The molecule has 2 saturated heterocycles. The summed E-state index contributed by atoms with van der Waals surface area (Å²) < 4.78 is 33.5. The van der Waals surface area contributed by atoms with Crippen LogP contribution in [0.15, 0.2) is 12.2 Å². The summed E-state index contributed by atoms with van der Waals surface area (Å²) in [5.41, 5.74) is 0. The number of aliphatic hydroxyl groups excluding tert-OH is 7. The zero-order valence-corrected chi connectivity index (χ0v) is 37.4. The molecule has 0 aromatic heterocycles. The number of rotatable bonds is 36. The number of allylic oxidation sites excluding steroid dienone is 2. The van der Waals surface area contributed by atoms with Crippen LogP contribution < -0.4 is 0 Å². The van der Waals surface area contributed by atoms with Crippen molar-refractivity contribution in [2.45, 2.75) is 242 Å². The highest BCUT2D eigenvalue weighted by molar-refractivity contribution is 5.70. The van der Waals surface area contributed by atoms with E-state index in [-0.39, 0.29) is 26.1 Å². The third-order valence-electron chi connectivity index (χ3n) is 11.5. The second-order valence-electron chi connectivity index (χ2n) is 16.9. The maximum Gasteiger partial charge on any atom is 0.306 e. The molecule has 0 amide bonds. The molecule has 0 aromatic rings. The fourth-order valence-corrected chi connectivity index (χ4v) is 7.50. The molecular formula is C46H84O15. The van der Waals surface area contributed by atoms with Gasteiger partial charge < -0.3 is 64.2 Å². The van der Waals surface area contributed by atoms with Crippen molar-refractivity contribution in [3.63, 3.8) is 0 Å². The summed E-state index contributed by atoms with van der Waals surface area (Å²) in [6, 6.07) is 0. The Morgan fingerprint density at radius 1 is 0.508 bits per heavy atom. The Morgan fingerprint density at radius 3 is 1.46 bits per heavy atom. The first-order valence-electron chi connectivity index (χ1n) is 23.8. The van der Waals surface area contributed by atoms with Gasteiger partial charge in [0.15, 0.2) is 18.7 Å². The first kappa shape index (κ1) is 55.4. The summed E-state index contributed by atoms with van der Waals surface area (Å²) in [5, 5.41) is 71.9. The van der Waals surface area contributed by atoms with Crippen LogP contribution in [0.1, 0.15) is 174 Å². The minimum atomic E-state index is -1.76. The molecule has 15 heteroatoms. The largest absolute Gasteiger partial charge is 0.462 e. The predicted molar refractivity (Wildman–Crippen MR) is 229 cm³/mol. The molecule has 2 rings (SSSR count). The third kappa shape index (κ3) is 23.7. The predicted octanol–water partition coefficient (Wildman–Crippen LogP) is 5.43. The summed E-state index contributed by atoms with van der Waals surface area (Å²) in [7, 11) is 0. The van der Waals surface area contributed by atoms with Crippen molar-refractivity contribution in [3.05, 3.63) is 12.2 Å². The molecule has 0 aromatic carbocycles. The summed E-state index contributed by atoms with van der Waals surface area (Å²) in [6.45, 7) is 2.55. The molecule has 7 N–H and O–H groups in total. The van der Waals surface area contributed by atoms with E-state index in [0.717, 1.165) is 44.9 Å². The number of ether oxygens (including phenoxy) is 6. The lowest BCUT2D eigenvalue weighted by Gasteiger charge is -2.42. The zero-order valence-electron chi connectivity index (χ0n) is 37.4. The molecule has 2 fully saturated rings. The lowest BCUT2D eigenvalue weighted by Crippen LogP contribution is -2.61. The van der Waals surface area contributed by atoms with Crippen LogP contribution in [0, 0.1) is 0 Å². The Bertz CT molecular complexity index is 1120. The van der Waals surface area contributed by atoms with Crippen LogP contribution >= 0.6 is 0 Å². The Kier molecular flexibility index (Phi) is 31.4. The Morgan fingerprint density at radius 2 is 0.934 bits per heavy atom. The fraction of sp³-hybridized carbons (Fsp3) is 0.913. The van der Waals surface area contributed by atoms with Gasteiger partial charge in [0.2, 0.25) is 0 Å². The molecule has 2 aliphatic heterocycles. The second kappa shape index (κ2) is 34.6. The lowest BCUT2D eigenvalue weighted by molar-refractivity contribution is -0.332. The molecule has 0 radical (unpaired) electrons. The second-order valence-corrected chi connectivity index (χ2v) is 16.9. The first-order valence-corrected chi connectivity index (χ1v) is 23.8. The summed E-state index contributed by atoms with van der Waals surface area (Å²) in [6.07, 6.45) is 14.0. The third-order valence-corrected chi connectivity index (χ3v) is 11.5. The average molecular weight is 877 g/mol. The molecule has 2 aliphatic rings. The van der Waals surface area contributed by atoms with Crippen LogP contribution in [0.5, 0.6) is 0 Å². The van der Waals surface area contributed by atoms with Crippen molar-refractivity contribution in [2.75, 3.05) is 26.4 Å². The van der Waals surface area contributed by atoms with Crippen molar-refractivity contribution in [1.82, 2.24) is 0 Å². The highest BCUT2D eigenvalue weighted by Crippen LogP contribution is 2.26. The highest BCUT2D eigenvalue weighted by Gasteiger charge is 2.47. The van der Waals surface area contributed by atoms with Gasteiger partial charge in [-0.2, -0.15) is 0 Å². The van der Waals surface area contributed by atoms with E-state index in [4.69, 9.17) is 28.4 Å². The maximum absolute atomic E-state index is 12.9. The number of aliphatic hydroxyl groups is 7. The van der Waals surface area contributed by atoms with E-state index in [1.54, 1.807) is 0 Å². The maximum atomic E-state index is 12.9. The highest BCUT2D eigenvalue weighted by atomic mass is 16.7. The van der Waals surface area contributed by atoms with E-state index in [0.29, 0.717) is 12.8 Å². The Balaban J connectivity index is 1.85. The number of carbonyl (C=O) groups excluding carboxylic acids is 2. The van der Waals surface area contributed by atoms with E-state index in [9.17, 15) is 45.3 Å². The van der Waals surface area contributed by atoms with Gasteiger partial charge in [0.25, 0.3) is 0 Å². The molecule has 2 heterocycles. The Labute approximate surface area is 365 Å². The molecule has 61 heavy (non-hydrogen) atoms. The van der Waals surface area contributed by atoms with Crippen LogP contribution in [0.3, 0.4) is 0 Å². The summed E-state index contributed by atoms with van der Waals surface area (Å²) in [4.78, 5) is 25.6. The molecule has 358 valence electrons. The van der Waals surface area contributed by atoms with E-state index in [1.807, 2.05) is 0 Å². The minimum Gasteiger partial charge on any atom is -0.462 e. The molecule has 4 unspecified atom stereocenters. The van der Waals surface area contributed by atoms with E-state index in [2.05, 4.69) is 26.0 Å². The first-order chi connectivity index (χ1) is 29.5. The molecular weight excluding hydrogens is 792 g/mol. The van der Waals surface area contributed by atoms with Gasteiger partial charge in [0.05, 0.1) is 19.8 Å². The van der Waals surface area contributed by atoms with Crippen molar-refractivity contribution in [3.8, 4) is 0 Å². The van der Waals surface area contributed by atoms with Crippen LogP contribution in [0.25, 0.3) is 0 Å². The topological polar surface area (TPSA) is 231 Å². The molecule has 15 nitrogen and oxygen atoms in total. The number of unbranched alkanes of at least 4 members (excludes halogenated alkanes) is 20.